The first-order valence-electron chi connectivity index (χ1n) is 3.26. The summed E-state index contributed by atoms with van der Waals surface area (Å²) >= 11 is 0. The van der Waals surface area contributed by atoms with Crippen molar-refractivity contribution in [1.82, 2.24) is 0 Å². The van der Waals surface area contributed by atoms with E-state index in [1.165, 1.54) is 13.8 Å². The van der Waals surface area contributed by atoms with E-state index in [0.717, 1.165) is 0 Å². The summed E-state index contributed by atoms with van der Waals surface area (Å²) in [6.45, 7) is 7.64. The molecule has 0 fully saturated rings. The lowest BCUT2D eigenvalue weighted by Gasteiger charge is -2.16. The second kappa shape index (κ2) is 3.18. The summed E-state index contributed by atoms with van der Waals surface area (Å²) in [5.74, 6) is -0.775. The van der Waals surface area contributed by atoms with Crippen LogP contribution in [0.15, 0.2) is 0 Å². The first-order chi connectivity index (χ1) is 3.92. The molecule has 0 aliphatic carbocycles. The van der Waals surface area contributed by atoms with Gasteiger partial charge in [0, 0.05) is 0 Å². The molecule has 0 aromatic rings. The van der Waals surface area contributed by atoms with E-state index in [-0.39, 0.29) is 0 Å². The maximum atomic E-state index is 10.8. The Kier molecular flexibility index (Phi) is 3.15. The average Bonchev–Trinajstić information content (AvgIpc) is 1.59. The van der Waals surface area contributed by atoms with Gasteiger partial charge in [-0.05, 0) is 19.8 Å². The van der Waals surface area contributed by atoms with Crippen LogP contribution in [0, 0.1) is 5.92 Å². The van der Waals surface area contributed by atoms with Crippen LogP contribution in [0.3, 0.4) is 0 Å². The van der Waals surface area contributed by atoms with Crippen LogP contribution in [0.5, 0.6) is 0 Å². The largest absolute Gasteiger partial charge is 0.347 e. The molecule has 55 valence electrons. The molecule has 0 heterocycles. The van der Waals surface area contributed by atoms with E-state index in [1.54, 1.807) is 0 Å². The predicted molar refractivity (Wildman–Crippen MR) is 35.6 cm³/mol. The number of hydrogen-bond donors (Lipinski definition) is 0. The van der Waals surface area contributed by atoms with Gasteiger partial charge in [-0.1, -0.05) is 13.8 Å². The third kappa shape index (κ3) is 7.92. The highest BCUT2D eigenvalue weighted by molar-refractivity contribution is 4.49. The highest BCUT2D eigenvalue weighted by atomic mass is 16.6. The molecule has 0 aromatic carbocycles. The standard InChI is InChI=1S/C7H15O2/c1-6(2)5-9-7(3,4)8/h6H,5H2,1-4H3. The summed E-state index contributed by atoms with van der Waals surface area (Å²) in [4.78, 5) is 0. The zero-order valence-corrected chi connectivity index (χ0v) is 6.60. The molecule has 0 saturated heterocycles. The van der Waals surface area contributed by atoms with Crippen molar-refractivity contribution in [1.29, 1.82) is 0 Å². The van der Waals surface area contributed by atoms with E-state index in [0.29, 0.717) is 12.5 Å². The zero-order valence-electron chi connectivity index (χ0n) is 6.60. The van der Waals surface area contributed by atoms with Crippen LogP contribution in [0.1, 0.15) is 27.7 Å². The normalized spacial score (nSPS) is 12.7. The van der Waals surface area contributed by atoms with Gasteiger partial charge in [-0.2, -0.15) is 5.11 Å². The van der Waals surface area contributed by atoms with Crippen molar-refractivity contribution in [2.45, 2.75) is 33.5 Å². The third-order valence-electron chi connectivity index (χ3n) is 0.764. The third-order valence-corrected chi connectivity index (χ3v) is 0.764. The van der Waals surface area contributed by atoms with Crippen molar-refractivity contribution in [3.05, 3.63) is 0 Å². The van der Waals surface area contributed by atoms with Gasteiger partial charge in [0.15, 0.2) is 5.79 Å². The molecule has 9 heavy (non-hydrogen) atoms. The highest BCUT2D eigenvalue weighted by Crippen LogP contribution is 2.06. The molecule has 0 rings (SSSR count). The first-order valence-corrected chi connectivity index (χ1v) is 3.26. The van der Waals surface area contributed by atoms with Gasteiger partial charge >= 0.3 is 0 Å². The summed E-state index contributed by atoms with van der Waals surface area (Å²) in [5, 5.41) is 10.8. The van der Waals surface area contributed by atoms with E-state index >= 15 is 0 Å². The molecular weight excluding hydrogens is 116 g/mol. The smallest absolute Gasteiger partial charge is 0.196 e. The van der Waals surface area contributed by atoms with E-state index in [2.05, 4.69) is 0 Å². The Labute approximate surface area is 56.8 Å². The fourth-order valence-corrected chi connectivity index (χ4v) is 0.367. The summed E-state index contributed by atoms with van der Waals surface area (Å²) in [5.41, 5.74) is 0. The van der Waals surface area contributed by atoms with Gasteiger partial charge in [-0.25, -0.2) is 0 Å². The Balaban J connectivity index is 3.28. The molecule has 0 N–H and O–H groups in total. The van der Waals surface area contributed by atoms with Crippen LogP contribution in [0.25, 0.3) is 0 Å². The number of hydrogen-bond acceptors (Lipinski definition) is 1. The summed E-state index contributed by atoms with van der Waals surface area (Å²) in [6, 6.07) is 0. The van der Waals surface area contributed by atoms with Gasteiger partial charge in [-0.15, -0.1) is 0 Å². The Bertz CT molecular complexity index is 71.5. The summed E-state index contributed by atoms with van der Waals surface area (Å²) in [6.07, 6.45) is 0. The van der Waals surface area contributed by atoms with E-state index in [9.17, 15) is 5.11 Å². The molecule has 0 aromatic heterocycles. The van der Waals surface area contributed by atoms with Gasteiger partial charge in [0.2, 0.25) is 0 Å². The predicted octanol–water partition coefficient (Wildman–Crippen LogP) is 1.83. The molecule has 2 nitrogen and oxygen atoms in total. The number of rotatable bonds is 3. The minimum Gasteiger partial charge on any atom is -0.347 e. The van der Waals surface area contributed by atoms with Crippen LogP contribution in [-0.4, -0.2) is 12.4 Å². The fraction of sp³-hybridized carbons (Fsp3) is 1.00. The van der Waals surface area contributed by atoms with Crippen molar-refractivity contribution in [3.63, 3.8) is 0 Å². The second-order valence-electron chi connectivity index (χ2n) is 3.10. The lowest BCUT2D eigenvalue weighted by atomic mass is 10.2. The molecule has 0 aliphatic rings. The lowest BCUT2D eigenvalue weighted by molar-refractivity contribution is -0.219. The maximum absolute atomic E-state index is 10.8. The molecule has 1 radical (unpaired) electrons. The van der Waals surface area contributed by atoms with Crippen molar-refractivity contribution in [3.8, 4) is 0 Å². The molecule has 0 aliphatic heterocycles. The summed E-state index contributed by atoms with van der Waals surface area (Å²) < 4.78 is 4.94. The van der Waals surface area contributed by atoms with Gasteiger partial charge < -0.3 is 4.74 Å². The maximum Gasteiger partial charge on any atom is 0.196 e. The van der Waals surface area contributed by atoms with Crippen LogP contribution in [0.4, 0.5) is 0 Å². The first kappa shape index (κ1) is 8.92. The van der Waals surface area contributed by atoms with Crippen molar-refractivity contribution in [2.75, 3.05) is 6.61 Å². The molecule has 0 bridgehead atoms. The van der Waals surface area contributed by atoms with Crippen molar-refractivity contribution in [2.24, 2.45) is 5.92 Å². The minimum atomic E-state index is -1.22. The molecule has 0 unspecified atom stereocenters. The zero-order chi connectivity index (χ0) is 7.49. The summed E-state index contributed by atoms with van der Waals surface area (Å²) in [7, 11) is 0. The molecule has 0 atom stereocenters. The molecule has 0 spiro atoms. The highest BCUT2D eigenvalue weighted by Gasteiger charge is 2.14. The minimum absolute atomic E-state index is 0.443. The monoisotopic (exact) mass is 131 g/mol. The topological polar surface area (TPSA) is 29.1 Å². The van der Waals surface area contributed by atoms with E-state index < -0.39 is 5.79 Å². The van der Waals surface area contributed by atoms with Crippen LogP contribution >= 0.6 is 0 Å². The average molecular weight is 131 g/mol. The Morgan fingerprint density at radius 2 is 1.89 bits per heavy atom. The Morgan fingerprint density at radius 1 is 1.44 bits per heavy atom. The van der Waals surface area contributed by atoms with Crippen molar-refractivity contribution < 1.29 is 9.84 Å². The Morgan fingerprint density at radius 3 is 2.00 bits per heavy atom. The van der Waals surface area contributed by atoms with E-state index in [4.69, 9.17) is 4.74 Å². The lowest BCUT2D eigenvalue weighted by Crippen LogP contribution is -2.23. The van der Waals surface area contributed by atoms with E-state index in [1.807, 2.05) is 13.8 Å². The molecule has 0 amide bonds. The van der Waals surface area contributed by atoms with Crippen molar-refractivity contribution >= 4 is 0 Å². The van der Waals surface area contributed by atoms with Gasteiger partial charge in [-0.3, -0.25) is 0 Å². The van der Waals surface area contributed by atoms with Gasteiger partial charge in [0.1, 0.15) is 0 Å². The van der Waals surface area contributed by atoms with Crippen LogP contribution in [-0.2, 0) is 9.84 Å². The number of ether oxygens (including phenoxy) is 1. The Hall–Kier alpha value is -0.0800. The molecule has 2 heteroatoms. The van der Waals surface area contributed by atoms with Gasteiger partial charge in [0.25, 0.3) is 0 Å². The fourth-order valence-electron chi connectivity index (χ4n) is 0.367. The van der Waals surface area contributed by atoms with Gasteiger partial charge in [0.05, 0.1) is 6.61 Å². The molecular formula is C7H15O2. The van der Waals surface area contributed by atoms with Crippen LogP contribution in [0.2, 0.25) is 0 Å². The second-order valence-corrected chi connectivity index (χ2v) is 3.10. The van der Waals surface area contributed by atoms with Crippen LogP contribution < -0.4 is 0 Å². The molecule has 0 saturated carbocycles. The quantitative estimate of drug-likeness (QED) is 0.537. The SMILES string of the molecule is CC(C)COC(C)(C)[O].